The maximum atomic E-state index is 11.6. The van der Waals surface area contributed by atoms with E-state index in [9.17, 15) is 4.79 Å². The van der Waals surface area contributed by atoms with Gasteiger partial charge < -0.3 is 10.6 Å². The van der Waals surface area contributed by atoms with Gasteiger partial charge in [0.15, 0.2) is 5.82 Å². The first-order valence-electron chi connectivity index (χ1n) is 7.44. The largest absolute Gasteiger partial charge is 0.355 e. The van der Waals surface area contributed by atoms with Crippen molar-refractivity contribution in [2.45, 2.75) is 19.4 Å². The van der Waals surface area contributed by atoms with Gasteiger partial charge in [-0.15, -0.1) is 5.10 Å². The van der Waals surface area contributed by atoms with E-state index >= 15 is 0 Å². The molecule has 1 aliphatic heterocycles. The van der Waals surface area contributed by atoms with Gasteiger partial charge in [-0.1, -0.05) is 24.3 Å². The van der Waals surface area contributed by atoms with E-state index in [4.69, 9.17) is 11.6 Å². The molecule has 0 saturated carbocycles. The molecule has 7 nitrogen and oxygen atoms in total. The Morgan fingerprint density at radius 2 is 1.91 bits per heavy atom. The fourth-order valence-electron chi connectivity index (χ4n) is 3.00. The van der Waals surface area contributed by atoms with Crippen LogP contribution in [0, 0.1) is 5.92 Å². The minimum atomic E-state index is -0.0888. The number of nitrogens with one attached hydrogen (secondary N) is 1. The van der Waals surface area contributed by atoms with Crippen molar-refractivity contribution in [2.24, 2.45) is 17.5 Å². The summed E-state index contributed by atoms with van der Waals surface area (Å²) < 4.78 is 0. The Kier molecular flexibility index (Phi) is 4.17. The third kappa shape index (κ3) is 2.60. The second-order valence-corrected chi connectivity index (χ2v) is 5.49. The molecule has 1 fully saturated rings. The van der Waals surface area contributed by atoms with Gasteiger partial charge in [0.2, 0.25) is 5.91 Å². The molecule has 2 heterocycles. The van der Waals surface area contributed by atoms with E-state index in [0.29, 0.717) is 6.54 Å². The molecule has 1 amide bonds. The minimum absolute atomic E-state index is 0.0243. The SMILES string of the molecule is NCc1nnc(N2CCC(C(=O)NN)CC2)c2ccccc12. The summed E-state index contributed by atoms with van der Waals surface area (Å²) in [5.41, 5.74) is 8.78. The van der Waals surface area contributed by atoms with Crippen molar-refractivity contribution in [3.63, 3.8) is 0 Å². The average Bonchev–Trinajstić information content (AvgIpc) is 2.60. The Morgan fingerprint density at radius 3 is 2.55 bits per heavy atom. The van der Waals surface area contributed by atoms with E-state index in [2.05, 4.69) is 20.5 Å². The first-order chi connectivity index (χ1) is 10.7. The van der Waals surface area contributed by atoms with Crippen LogP contribution in [0.3, 0.4) is 0 Å². The van der Waals surface area contributed by atoms with Crippen molar-refractivity contribution in [1.82, 2.24) is 15.6 Å². The molecule has 5 N–H and O–H groups in total. The lowest BCUT2D eigenvalue weighted by Crippen LogP contribution is -2.43. The van der Waals surface area contributed by atoms with E-state index in [1.807, 2.05) is 24.3 Å². The van der Waals surface area contributed by atoms with Crippen LogP contribution in [0.2, 0.25) is 0 Å². The zero-order valence-corrected chi connectivity index (χ0v) is 12.3. The number of hydrazine groups is 1. The van der Waals surface area contributed by atoms with E-state index < -0.39 is 0 Å². The normalized spacial score (nSPS) is 16.0. The highest BCUT2D eigenvalue weighted by molar-refractivity contribution is 5.93. The molecule has 1 aromatic carbocycles. The molecule has 116 valence electrons. The number of rotatable bonds is 3. The maximum absolute atomic E-state index is 11.6. The number of hydrogen-bond donors (Lipinski definition) is 3. The van der Waals surface area contributed by atoms with Crippen LogP contribution in [-0.2, 0) is 11.3 Å². The third-order valence-electron chi connectivity index (χ3n) is 4.25. The molecule has 0 bridgehead atoms. The van der Waals surface area contributed by atoms with Gasteiger partial charge in [-0.25, -0.2) is 5.84 Å². The number of anilines is 1. The van der Waals surface area contributed by atoms with Crippen molar-refractivity contribution in [2.75, 3.05) is 18.0 Å². The quantitative estimate of drug-likeness (QED) is 0.427. The zero-order chi connectivity index (χ0) is 15.5. The maximum Gasteiger partial charge on any atom is 0.237 e. The number of piperidine rings is 1. The number of amides is 1. The minimum Gasteiger partial charge on any atom is -0.355 e. The highest BCUT2D eigenvalue weighted by Gasteiger charge is 2.26. The second kappa shape index (κ2) is 6.25. The molecule has 3 rings (SSSR count). The number of benzene rings is 1. The van der Waals surface area contributed by atoms with Gasteiger partial charge in [0.05, 0.1) is 5.69 Å². The van der Waals surface area contributed by atoms with E-state index in [0.717, 1.165) is 48.2 Å². The molecule has 1 aliphatic rings. The number of aromatic nitrogens is 2. The van der Waals surface area contributed by atoms with Crippen LogP contribution < -0.4 is 21.9 Å². The molecule has 0 unspecified atom stereocenters. The Hall–Kier alpha value is -2.25. The van der Waals surface area contributed by atoms with Crippen molar-refractivity contribution < 1.29 is 4.79 Å². The van der Waals surface area contributed by atoms with Crippen LogP contribution in [0.1, 0.15) is 18.5 Å². The van der Waals surface area contributed by atoms with E-state index in [-0.39, 0.29) is 11.8 Å². The molecule has 0 radical (unpaired) electrons. The van der Waals surface area contributed by atoms with Gasteiger partial charge in [0.25, 0.3) is 0 Å². The van der Waals surface area contributed by atoms with Gasteiger partial charge in [-0.3, -0.25) is 10.2 Å². The van der Waals surface area contributed by atoms with Gasteiger partial charge in [0.1, 0.15) is 0 Å². The number of carbonyl (C=O) groups excluding carboxylic acids is 1. The Bertz CT molecular complexity index is 681. The fraction of sp³-hybridized carbons (Fsp3) is 0.400. The van der Waals surface area contributed by atoms with Crippen LogP contribution in [0.25, 0.3) is 10.8 Å². The summed E-state index contributed by atoms with van der Waals surface area (Å²) in [4.78, 5) is 13.8. The number of nitrogens with two attached hydrogens (primary N) is 2. The summed E-state index contributed by atoms with van der Waals surface area (Å²) in [5, 5.41) is 10.7. The van der Waals surface area contributed by atoms with Crippen molar-refractivity contribution in [1.29, 1.82) is 0 Å². The smallest absolute Gasteiger partial charge is 0.237 e. The standard InChI is InChI=1S/C15H20N6O/c16-9-13-11-3-1-2-4-12(11)14(20-19-13)21-7-5-10(6-8-21)15(22)18-17/h1-4,10H,5-9,16-17H2,(H,18,22). The number of hydrogen-bond acceptors (Lipinski definition) is 6. The highest BCUT2D eigenvalue weighted by atomic mass is 16.2. The Balaban J connectivity index is 1.88. The first kappa shape index (κ1) is 14.7. The molecule has 1 aromatic heterocycles. The fourth-order valence-corrected chi connectivity index (χ4v) is 3.00. The van der Waals surface area contributed by atoms with Crippen molar-refractivity contribution in [3.05, 3.63) is 30.0 Å². The zero-order valence-electron chi connectivity index (χ0n) is 12.3. The molecule has 0 atom stereocenters. The molecule has 1 saturated heterocycles. The van der Waals surface area contributed by atoms with Gasteiger partial charge >= 0.3 is 0 Å². The Morgan fingerprint density at radius 1 is 1.23 bits per heavy atom. The predicted molar refractivity (Wildman–Crippen MR) is 84.7 cm³/mol. The number of fused-ring (bicyclic) bond motifs is 1. The molecule has 7 heteroatoms. The van der Waals surface area contributed by atoms with Crippen LogP contribution in [0.4, 0.5) is 5.82 Å². The predicted octanol–water partition coefficient (Wildman–Crippen LogP) is 0.295. The molecule has 22 heavy (non-hydrogen) atoms. The Labute approximate surface area is 128 Å². The van der Waals surface area contributed by atoms with E-state index in [1.54, 1.807) is 0 Å². The molecular weight excluding hydrogens is 280 g/mol. The van der Waals surface area contributed by atoms with Crippen LogP contribution in [0.5, 0.6) is 0 Å². The third-order valence-corrected chi connectivity index (χ3v) is 4.25. The van der Waals surface area contributed by atoms with Gasteiger partial charge in [-0.2, -0.15) is 5.10 Å². The van der Waals surface area contributed by atoms with Crippen LogP contribution in [-0.4, -0.2) is 29.2 Å². The number of nitrogens with zero attached hydrogens (tertiary/aromatic N) is 3. The van der Waals surface area contributed by atoms with Gasteiger partial charge in [0, 0.05) is 36.3 Å². The van der Waals surface area contributed by atoms with Crippen LogP contribution >= 0.6 is 0 Å². The lowest BCUT2D eigenvalue weighted by Gasteiger charge is -2.32. The second-order valence-electron chi connectivity index (χ2n) is 5.49. The topological polar surface area (TPSA) is 110 Å². The molecule has 0 spiro atoms. The van der Waals surface area contributed by atoms with Gasteiger partial charge in [-0.05, 0) is 12.8 Å². The summed E-state index contributed by atoms with van der Waals surface area (Å²) >= 11 is 0. The van der Waals surface area contributed by atoms with E-state index in [1.165, 1.54) is 0 Å². The molecule has 0 aliphatic carbocycles. The summed E-state index contributed by atoms with van der Waals surface area (Å²) in [6, 6.07) is 8.02. The first-order valence-corrected chi connectivity index (χ1v) is 7.44. The van der Waals surface area contributed by atoms with Crippen LogP contribution in [0.15, 0.2) is 24.3 Å². The average molecular weight is 300 g/mol. The molecular formula is C15H20N6O. The van der Waals surface area contributed by atoms with Crippen molar-refractivity contribution in [3.8, 4) is 0 Å². The lowest BCUT2D eigenvalue weighted by atomic mass is 9.96. The summed E-state index contributed by atoms with van der Waals surface area (Å²) in [7, 11) is 0. The summed E-state index contributed by atoms with van der Waals surface area (Å²) in [6.45, 7) is 1.89. The number of carbonyl (C=O) groups is 1. The highest BCUT2D eigenvalue weighted by Crippen LogP contribution is 2.29. The van der Waals surface area contributed by atoms with Crippen molar-refractivity contribution >= 4 is 22.5 Å². The summed E-state index contributed by atoms with van der Waals surface area (Å²) in [5.74, 6) is 5.96. The monoisotopic (exact) mass is 300 g/mol. The lowest BCUT2D eigenvalue weighted by molar-refractivity contribution is -0.125. The summed E-state index contributed by atoms with van der Waals surface area (Å²) in [6.07, 6.45) is 1.52. The molecule has 2 aromatic rings.